The van der Waals surface area contributed by atoms with Crippen LogP contribution in [0.5, 0.6) is 0 Å². The fourth-order valence-corrected chi connectivity index (χ4v) is 2.55. The highest BCUT2D eigenvalue weighted by Gasteiger charge is 2.12. The van der Waals surface area contributed by atoms with Gasteiger partial charge in [0.2, 0.25) is 0 Å². The first-order valence-electron chi connectivity index (χ1n) is 7.41. The highest BCUT2D eigenvalue weighted by molar-refractivity contribution is 5.75. The standard InChI is InChI=1S/C20H23N/c1-5-17(6-2)18-12-14-20(15-13-18)21(16(3)4)19-10-8-7-9-11-19/h5-16H,1H2,2-4H3/b17-6+. The van der Waals surface area contributed by atoms with Crippen molar-refractivity contribution >= 4 is 16.9 Å². The Kier molecular flexibility index (Phi) is 4.99. The quantitative estimate of drug-likeness (QED) is 0.622. The van der Waals surface area contributed by atoms with Gasteiger partial charge in [0.1, 0.15) is 0 Å². The van der Waals surface area contributed by atoms with Gasteiger partial charge in [-0.3, -0.25) is 0 Å². The predicted molar refractivity (Wildman–Crippen MR) is 94.0 cm³/mol. The van der Waals surface area contributed by atoms with Crippen LogP contribution in [0.2, 0.25) is 0 Å². The average Bonchev–Trinajstić information content (AvgIpc) is 2.51. The number of anilines is 2. The molecule has 0 amide bonds. The van der Waals surface area contributed by atoms with Crippen molar-refractivity contribution in [3.05, 3.63) is 78.9 Å². The van der Waals surface area contributed by atoms with Crippen LogP contribution in [-0.4, -0.2) is 6.04 Å². The van der Waals surface area contributed by atoms with Crippen molar-refractivity contribution in [3.63, 3.8) is 0 Å². The SMILES string of the molecule is C=C/C(=C\C)c1ccc(N(c2ccccc2)C(C)C)cc1. The number of nitrogens with zero attached hydrogens (tertiary/aromatic N) is 1. The van der Waals surface area contributed by atoms with Gasteiger partial charge in [-0.1, -0.05) is 49.1 Å². The minimum Gasteiger partial charge on any atom is -0.339 e. The zero-order valence-electron chi connectivity index (χ0n) is 13.1. The smallest absolute Gasteiger partial charge is 0.0413 e. The molecule has 0 saturated carbocycles. The van der Waals surface area contributed by atoms with Gasteiger partial charge in [-0.2, -0.15) is 0 Å². The van der Waals surface area contributed by atoms with Crippen molar-refractivity contribution in [1.82, 2.24) is 0 Å². The maximum absolute atomic E-state index is 3.86. The van der Waals surface area contributed by atoms with E-state index in [2.05, 4.69) is 79.9 Å². The fourth-order valence-electron chi connectivity index (χ4n) is 2.55. The summed E-state index contributed by atoms with van der Waals surface area (Å²) in [5.74, 6) is 0. The van der Waals surface area contributed by atoms with E-state index in [4.69, 9.17) is 0 Å². The lowest BCUT2D eigenvalue weighted by Crippen LogP contribution is -2.25. The van der Waals surface area contributed by atoms with Gasteiger partial charge in [0.05, 0.1) is 0 Å². The molecule has 1 heteroatoms. The van der Waals surface area contributed by atoms with Crippen LogP contribution in [-0.2, 0) is 0 Å². The normalized spacial score (nSPS) is 11.5. The lowest BCUT2D eigenvalue weighted by molar-refractivity contribution is 0.789. The van der Waals surface area contributed by atoms with Gasteiger partial charge in [0.25, 0.3) is 0 Å². The lowest BCUT2D eigenvalue weighted by atomic mass is 10.0. The Balaban J connectivity index is 2.37. The molecule has 2 rings (SSSR count). The Bertz CT molecular complexity index is 606. The fraction of sp³-hybridized carbons (Fsp3) is 0.200. The van der Waals surface area contributed by atoms with Crippen LogP contribution in [0.25, 0.3) is 5.57 Å². The Hall–Kier alpha value is -2.28. The van der Waals surface area contributed by atoms with Gasteiger partial charge in [-0.05, 0) is 56.2 Å². The summed E-state index contributed by atoms with van der Waals surface area (Å²) < 4.78 is 0. The molecule has 0 heterocycles. The first kappa shape index (κ1) is 15.1. The molecule has 0 aliphatic heterocycles. The number of para-hydroxylation sites is 1. The highest BCUT2D eigenvalue weighted by atomic mass is 15.2. The number of allylic oxidation sites excluding steroid dienone is 3. The van der Waals surface area contributed by atoms with Gasteiger partial charge in [-0.15, -0.1) is 0 Å². The van der Waals surface area contributed by atoms with E-state index in [1.54, 1.807) is 0 Å². The maximum atomic E-state index is 3.86. The molecule has 2 aromatic carbocycles. The molecule has 21 heavy (non-hydrogen) atoms. The molecule has 0 atom stereocenters. The molecular weight excluding hydrogens is 254 g/mol. The summed E-state index contributed by atoms with van der Waals surface area (Å²) in [5.41, 5.74) is 4.79. The largest absolute Gasteiger partial charge is 0.339 e. The van der Waals surface area contributed by atoms with Crippen LogP contribution in [0, 0.1) is 0 Å². The second-order valence-corrected chi connectivity index (χ2v) is 5.29. The third kappa shape index (κ3) is 3.43. The van der Waals surface area contributed by atoms with Crippen LogP contribution in [0.4, 0.5) is 11.4 Å². The third-order valence-electron chi connectivity index (χ3n) is 3.56. The van der Waals surface area contributed by atoms with Crippen LogP contribution in [0.1, 0.15) is 26.3 Å². The van der Waals surface area contributed by atoms with Crippen molar-refractivity contribution in [2.75, 3.05) is 4.90 Å². The molecule has 0 spiro atoms. The lowest BCUT2D eigenvalue weighted by Gasteiger charge is -2.29. The first-order chi connectivity index (χ1) is 10.2. The molecule has 0 N–H and O–H groups in total. The van der Waals surface area contributed by atoms with Crippen LogP contribution in [0.3, 0.4) is 0 Å². The number of hydrogen-bond acceptors (Lipinski definition) is 1. The molecular formula is C20H23N. The molecule has 0 aromatic heterocycles. The van der Waals surface area contributed by atoms with Gasteiger partial charge in [-0.25, -0.2) is 0 Å². The van der Waals surface area contributed by atoms with Crippen molar-refractivity contribution < 1.29 is 0 Å². The molecule has 0 saturated heterocycles. The summed E-state index contributed by atoms with van der Waals surface area (Å²) in [6, 6.07) is 19.6. The molecule has 0 fully saturated rings. The van der Waals surface area contributed by atoms with E-state index in [9.17, 15) is 0 Å². The predicted octanol–water partition coefficient (Wildman–Crippen LogP) is 5.82. The van der Waals surface area contributed by atoms with E-state index in [-0.39, 0.29) is 0 Å². The summed E-state index contributed by atoms with van der Waals surface area (Å²) >= 11 is 0. The van der Waals surface area contributed by atoms with Gasteiger partial charge < -0.3 is 4.90 Å². The maximum Gasteiger partial charge on any atom is 0.0413 e. The van der Waals surface area contributed by atoms with Crippen LogP contribution in [0.15, 0.2) is 73.3 Å². The van der Waals surface area contributed by atoms with Gasteiger partial charge in [0.15, 0.2) is 0 Å². The third-order valence-corrected chi connectivity index (χ3v) is 3.56. The monoisotopic (exact) mass is 277 g/mol. The van der Waals surface area contributed by atoms with E-state index in [1.807, 2.05) is 19.1 Å². The van der Waals surface area contributed by atoms with Crippen molar-refractivity contribution in [2.24, 2.45) is 0 Å². The molecule has 0 unspecified atom stereocenters. The van der Waals surface area contributed by atoms with Crippen molar-refractivity contribution in [3.8, 4) is 0 Å². The Morgan fingerprint density at radius 1 is 0.952 bits per heavy atom. The molecule has 0 aliphatic carbocycles. The summed E-state index contributed by atoms with van der Waals surface area (Å²) in [5, 5.41) is 0. The zero-order valence-corrected chi connectivity index (χ0v) is 13.1. The second kappa shape index (κ2) is 6.94. The number of hydrogen-bond donors (Lipinski definition) is 0. The summed E-state index contributed by atoms with van der Waals surface area (Å²) in [6.07, 6.45) is 3.98. The summed E-state index contributed by atoms with van der Waals surface area (Å²) in [4.78, 5) is 2.34. The molecule has 0 radical (unpaired) electrons. The number of rotatable bonds is 5. The topological polar surface area (TPSA) is 3.24 Å². The Morgan fingerprint density at radius 3 is 2.00 bits per heavy atom. The molecule has 108 valence electrons. The van der Waals surface area contributed by atoms with E-state index in [1.165, 1.54) is 16.9 Å². The van der Waals surface area contributed by atoms with E-state index >= 15 is 0 Å². The minimum atomic E-state index is 0.402. The van der Waals surface area contributed by atoms with E-state index in [0.29, 0.717) is 6.04 Å². The van der Waals surface area contributed by atoms with Gasteiger partial charge in [0, 0.05) is 17.4 Å². The summed E-state index contributed by atoms with van der Waals surface area (Å²) in [6.45, 7) is 10.3. The molecule has 1 nitrogen and oxygen atoms in total. The summed E-state index contributed by atoms with van der Waals surface area (Å²) in [7, 11) is 0. The molecule has 0 bridgehead atoms. The van der Waals surface area contributed by atoms with Gasteiger partial charge >= 0.3 is 0 Å². The Morgan fingerprint density at radius 2 is 1.52 bits per heavy atom. The minimum absolute atomic E-state index is 0.402. The number of benzene rings is 2. The molecule has 2 aromatic rings. The second-order valence-electron chi connectivity index (χ2n) is 5.29. The average molecular weight is 277 g/mol. The van der Waals surface area contributed by atoms with Crippen LogP contribution >= 0.6 is 0 Å². The van der Waals surface area contributed by atoms with Crippen molar-refractivity contribution in [1.29, 1.82) is 0 Å². The Labute approximate surface area is 128 Å². The first-order valence-corrected chi connectivity index (χ1v) is 7.41. The zero-order chi connectivity index (χ0) is 15.2. The van der Waals surface area contributed by atoms with Crippen molar-refractivity contribution in [2.45, 2.75) is 26.8 Å². The van der Waals surface area contributed by atoms with E-state index in [0.717, 1.165) is 5.57 Å². The molecule has 0 aliphatic rings. The van der Waals surface area contributed by atoms with Crippen LogP contribution < -0.4 is 4.90 Å². The highest BCUT2D eigenvalue weighted by Crippen LogP contribution is 2.29. The van der Waals surface area contributed by atoms with E-state index < -0.39 is 0 Å².